The molecule has 2 aliphatic rings. The number of aromatic nitrogens is 1. The minimum Gasteiger partial charge on any atom is -0.379 e. The van der Waals surface area contributed by atoms with Gasteiger partial charge in [0.2, 0.25) is 0 Å². The van der Waals surface area contributed by atoms with E-state index in [1.54, 1.807) is 12.1 Å². The Balaban J connectivity index is 1.26. The maximum Gasteiger partial charge on any atom is 0.319 e. The molecule has 7 nitrogen and oxygen atoms in total. The molecule has 1 aliphatic heterocycles. The van der Waals surface area contributed by atoms with Crippen LogP contribution in [0.1, 0.15) is 31.7 Å². The van der Waals surface area contributed by atoms with E-state index in [1.165, 1.54) is 12.1 Å². The van der Waals surface area contributed by atoms with Crippen molar-refractivity contribution in [3.8, 4) is 0 Å². The van der Waals surface area contributed by atoms with Gasteiger partial charge in [-0.05, 0) is 48.4 Å². The quantitative estimate of drug-likeness (QED) is 0.754. The highest BCUT2D eigenvalue weighted by Gasteiger charge is 2.48. The van der Waals surface area contributed by atoms with Crippen molar-refractivity contribution in [1.82, 2.24) is 15.4 Å². The first-order valence-electron chi connectivity index (χ1n) is 10.5. The average Bonchev–Trinajstić information content (AvgIpc) is 3.17. The summed E-state index contributed by atoms with van der Waals surface area (Å²) in [7, 11) is 0. The molecule has 2 amide bonds. The van der Waals surface area contributed by atoms with Crippen LogP contribution >= 0.6 is 0 Å². The van der Waals surface area contributed by atoms with Gasteiger partial charge in [-0.2, -0.15) is 0 Å². The number of rotatable bonds is 6. The minimum absolute atomic E-state index is 0.0521. The number of carbonyl (C=O) groups excluding carboxylic acids is 1. The molecule has 2 unspecified atom stereocenters. The molecule has 2 N–H and O–H groups in total. The third-order valence-electron chi connectivity index (χ3n) is 6.42. The molecule has 1 saturated heterocycles. The van der Waals surface area contributed by atoms with Crippen LogP contribution in [0.3, 0.4) is 0 Å². The van der Waals surface area contributed by atoms with Gasteiger partial charge in [-0.25, -0.2) is 9.18 Å². The second-order valence-corrected chi connectivity index (χ2v) is 8.79. The van der Waals surface area contributed by atoms with Crippen LogP contribution in [0, 0.1) is 17.2 Å². The van der Waals surface area contributed by atoms with Gasteiger partial charge in [-0.1, -0.05) is 19.0 Å². The van der Waals surface area contributed by atoms with Crippen molar-refractivity contribution in [2.45, 2.75) is 39.3 Å². The smallest absolute Gasteiger partial charge is 0.319 e. The van der Waals surface area contributed by atoms with Crippen molar-refractivity contribution >= 4 is 11.7 Å². The molecule has 30 heavy (non-hydrogen) atoms. The lowest BCUT2D eigenvalue weighted by molar-refractivity contribution is 0.0210. The largest absolute Gasteiger partial charge is 0.379 e. The molecule has 2 heterocycles. The summed E-state index contributed by atoms with van der Waals surface area (Å²) in [5.41, 5.74) is 1.48. The van der Waals surface area contributed by atoms with Crippen LogP contribution in [-0.2, 0) is 17.7 Å². The van der Waals surface area contributed by atoms with Crippen molar-refractivity contribution in [1.29, 1.82) is 0 Å². The van der Waals surface area contributed by atoms with Gasteiger partial charge in [0, 0.05) is 30.9 Å². The molecule has 1 aliphatic carbocycles. The molecule has 2 fully saturated rings. The Bertz CT molecular complexity index is 862. The predicted molar refractivity (Wildman–Crippen MR) is 111 cm³/mol. The molecule has 2 aromatic rings. The number of hydrogen-bond acceptors (Lipinski definition) is 5. The monoisotopic (exact) mass is 416 g/mol. The normalized spacial score (nSPS) is 23.6. The maximum atomic E-state index is 13.0. The molecule has 1 aromatic heterocycles. The Morgan fingerprint density at radius 2 is 2.00 bits per heavy atom. The molecule has 4 rings (SSSR count). The Morgan fingerprint density at radius 1 is 1.27 bits per heavy atom. The molecule has 162 valence electrons. The predicted octanol–water partition coefficient (Wildman–Crippen LogP) is 3.42. The van der Waals surface area contributed by atoms with Gasteiger partial charge in [-0.15, -0.1) is 0 Å². The van der Waals surface area contributed by atoms with E-state index < -0.39 is 0 Å². The van der Waals surface area contributed by atoms with E-state index in [0.29, 0.717) is 11.6 Å². The van der Waals surface area contributed by atoms with Crippen molar-refractivity contribution in [3.05, 3.63) is 47.6 Å². The van der Waals surface area contributed by atoms with Gasteiger partial charge >= 0.3 is 6.03 Å². The lowest BCUT2D eigenvalue weighted by Crippen LogP contribution is -2.59. The zero-order valence-corrected chi connectivity index (χ0v) is 17.5. The van der Waals surface area contributed by atoms with Crippen molar-refractivity contribution in [2.75, 3.05) is 31.6 Å². The molecular weight excluding hydrogens is 387 g/mol. The minimum atomic E-state index is -0.329. The highest BCUT2D eigenvalue weighted by Crippen LogP contribution is 2.47. The number of urea groups is 1. The standard InChI is InChI=1S/C22H29FN4O3/c1-22(2)15(11-18-13-19(30-26-18)14-27-7-9-29-10-8-27)12-20(22)25-21(28)24-17-5-3-16(23)4-6-17/h3-6,13,15,20H,7-12,14H2,1-2H3,(H2,24,25,28). The van der Waals surface area contributed by atoms with Gasteiger partial charge in [0.1, 0.15) is 5.82 Å². The lowest BCUT2D eigenvalue weighted by atomic mass is 9.57. The highest BCUT2D eigenvalue weighted by atomic mass is 19.1. The van der Waals surface area contributed by atoms with Gasteiger partial charge in [0.15, 0.2) is 5.76 Å². The molecule has 1 saturated carbocycles. The first-order valence-corrected chi connectivity index (χ1v) is 10.5. The lowest BCUT2D eigenvalue weighted by Gasteiger charge is -2.52. The Labute approximate surface area is 175 Å². The number of benzene rings is 1. The molecule has 0 radical (unpaired) electrons. The van der Waals surface area contributed by atoms with Crippen molar-refractivity contribution in [2.24, 2.45) is 11.3 Å². The van der Waals surface area contributed by atoms with E-state index in [2.05, 4.69) is 34.5 Å². The molecule has 0 bridgehead atoms. The van der Waals surface area contributed by atoms with E-state index in [1.807, 2.05) is 6.07 Å². The van der Waals surface area contributed by atoms with Gasteiger partial charge in [0.05, 0.1) is 25.5 Å². The fourth-order valence-electron chi connectivity index (χ4n) is 4.22. The van der Waals surface area contributed by atoms with Crippen molar-refractivity contribution < 1.29 is 18.4 Å². The topological polar surface area (TPSA) is 79.6 Å². The van der Waals surface area contributed by atoms with E-state index >= 15 is 0 Å². The Kier molecular flexibility index (Phi) is 6.06. The highest BCUT2D eigenvalue weighted by molar-refractivity contribution is 5.89. The number of halogens is 1. The van der Waals surface area contributed by atoms with Crippen LogP contribution in [0.5, 0.6) is 0 Å². The number of nitrogens with one attached hydrogen (secondary N) is 2. The van der Waals surface area contributed by atoms with Gasteiger partial charge in [0.25, 0.3) is 0 Å². The molecule has 1 aromatic carbocycles. The summed E-state index contributed by atoms with van der Waals surface area (Å²) in [6.45, 7) is 8.45. The third kappa shape index (κ3) is 4.82. The number of hydrogen-bond donors (Lipinski definition) is 2. The summed E-state index contributed by atoms with van der Waals surface area (Å²) in [5, 5.41) is 10.0. The fourth-order valence-corrected chi connectivity index (χ4v) is 4.22. The van der Waals surface area contributed by atoms with E-state index in [4.69, 9.17) is 9.26 Å². The first-order chi connectivity index (χ1) is 14.4. The average molecular weight is 416 g/mol. The summed E-state index contributed by atoms with van der Waals surface area (Å²) in [4.78, 5) is 14.6. The van der Waals surface area contributed by atoms with E-state index in [-0.39, 0.29) is 23.3 Å². The second-order valence-electron chi connectivity index (χ2n) is 8.79. The summed E-state index contributed by atoms with van der Waals surface area (Å²) in [6, 6.07) is 7.59. The first kappa shape index (κ1) is 20.8. The number of carbonyl (C=O) groups is 1. The van der Waals surface area contributed by atoms with Crippen LogP contribution in [0.25, 0.3) is 0 Å². The van der Waals surface area contributed by atoms with Crippen LogP contribution in [-0.4, -0.2) is 48.4 Å². The zero-order chi connectivity index (χ0) is 21.1. The molecule has 0 spiro atoms. The van der Waals surface area contributed by atoms with Crippen molar-refractivity contribution in [3.63, 3.8) is 0 Å². The number of amides is 2. The van der Waals surface area contributed by atoms with Gasteiger partial charge in [-0.3, -0.25) is 4.90 Å². The van der Waals surface area contributed by atoms with Crippen LogP contribution in [0.15, 0.2) is 34.9 Å². The summed E-state index contributed by atoms with van der Waals surface area (Å²) >= 11 is 0. The second kappa shape index (κ2) is 8.73. The number of ether oxygens (including phenoxy) is 1. The Morgan fingerprint density at radius 3 is 2.70 bits per heavy atom. The number of nitrogens with zero attached hydrogens (tertiary/aromatic N) is 2. The van der Waals surface area contributed by atoms with Crippen LogP contribution < -0.4 is 10.6 Å². The number of morpholine rings is 1. The molecule has 2 atom stereocenters. The maximum absolute atomic E-state index is 13.0. The summed E-state index contributed by atoms with van der Waals surface area (Å²) < 4.78 is 23.9. The van der Waals surface area contributed by atoms with Gasteiger partial charge < -0.3 is 19.9 Å². The summed E-state index contributed by atoms with van der Waals surface area (Å²) in [5.74, 6) is 0.970. The van der Waals surface area contributed by atoms with E-state index in [0.717, 1.165) is 57.1 Å². The van der Waals surface area contributed by atoms with E-state index in [9.17, 15) is 9.18 Å². The molecule has 8 heteroatoms. The third-order valence-corrected chi connectivity index (χ3v) is 6.42. The van der Waals surface area contributed by atoms with Crippen LogP contribution in [0.4, 0.5) is 14.9 Å². The fraction of sp³-hybridized carbons (Fsp3) is 0.545. The zero-order valence-electron chi connectivity index (χ0n) is 17.5. The summed E-state index contributed by atoms with van der Waals surface area (Å²) in [6.07, 6.45) is 1.72. The SMILES string of the molecule is CC1(C)C(Cc2cc(CN3CCOCC3)on2)CC1NC(=O)Nc1ccc(F)cc1. The number of anilines is 1. The van der Waals surface area contributed by atoms with Crippen LogP contribution in [0.2, 0.25) is 0 Å². The Hall–Kier alpha value is -2.45. The molecular formula is C22H29FN4O3.